The number of likely N-dealkylation sites (tertiary alicyclic amines) is 1. The van der Waals surface area contributed by atoms with Gasteiger partial charge in [-0.1, -0.05) is 30.3 Å². The summed E-state index contributed by atoms with van der Waals surface area (Å²) in [5, 5.41) is 2.76. The van der Waals surface area contributed by atoms with Crippen LogP contribution in [-0.4, -0.2) is 31.7 Å². The quantitative estimate of drug-likeness (QED) is 0.588. The Kier molecular flexibility index (Phi) is 5.77. The van der Waals surface area contributed by atoms with Crippen molar-refractivity contribution in [2.45, 2.75) is 17.9 Å². The van der Waals surface area contributed by atoms with E-state index >= 15 is 0 Å². The Morgan fingerprint density at radius 1 is 1.00 bits per heavy atom. The Bertz CT molecular complexity index is 1180. The molecule has 1 saturated heterocycles. The van der Waals surface area contributed by atoms with Crippen molar-refractivity contribution in [3.63, 3.8) is 0 Å². The van der Waals surface area contributed by atoms with Crippen LogP contribution in [0, 0.1) is 5.92 Å². The number of para-hydroxylation sites is 2. The van der Waals surface area contributed by atoms with Gasteiger partial charge in [-0.2, -0.15) is 0 Å². The maximum Gasteiger partial charge on any atom is 0.261 e. The number of anilines is 2. The van der Waals surface area contributed by atoms with Crippen LogP contribution in [0.1, 0.15) is 12.2 Å². The lowest BCUT2D eigenvalue weighted by molar-refractivity contribution is -0.128. The summed E-state index contributed by atoms with van der Waals surface area (Å²) < 4.78 is 33.1. The molecule has 9 heteroatoms. The lowest BCUT2D eigenvalue weighted by Crippen LogP contribution is -2.28. The third kappa shape index (κ3) is 4.77. The third-order valence-corrected chi connectivity index (χ3v) is 6.38. The van der Waals surface area contributed by atoms with Gasteiger partial charge in [0.25, 0.3) is 10.0 Å². The SMILES string of the molecule is O=C(Nc1ccccc1NS(=O)(=O)c1ccccc1)C1CC(=O)N(Cc2ccco2)C1. The summed E-state index contributed by atoms with van der Waals surface area (Å²) in [4.78, 5) is 26.8. The number of carbonyl (C=O) groups is 2. The van der Waals surface area contributed by atoms with E-state index in [2.05, 4.69) is 10.0 Å². The first kappa shape index (κ1) is 20.7. The highest BCUT2D eigenvalue weighted by molar-refractivity contribution is 7.92. The molecule has 1 aliphatic heterocycles. The molecular formula is C22H21N3O5S. The molecule has 1 atom stereocenters. The van der Waals surface area contributed by atoms with Gasteiger partial charge in [-0.15, -0.1) is 0 Å². The van der Waals surface area contributed by atoms with Gasteiger partial charge in [0.05, 0.1) is 35.0 Å². The molecule has 1 aliphatic rings. The number of hydrogen-bond acceptors (Lipinski definition) is 5. The second-order valence-electron chi connectivity index (χ2n) is 7.21. The number of amides is 2. The van der Waals surface area contributed by atoms with E-state index in [0.29, 0.717) is 18.0 Å². The van der Waals surface area contributed by atoms with Crippen molar-refractivity contribution in [2.75, 3.05) is 16.6 Å². The topological polar surface area (TPSA) is 109 Å². The number of furan rings is 1. The van der Waals surface area contributed by atoms with Crippen LogP contribution < -0.4 is 10.0 Å². The fraction of sp³-hybridized carbons (Fsp3) is 0.182. The Morgan fingerprint density at radius 2 is 1.71 bits per heavy atom. The number of sulfonamides is 1. The van der Waals surface area contributed by atoms with Crippen molar-refractivity contribution in [1.82, 2.24) is 4.90 Å². The van der Waals surface area contributed by atoms with Gasteiger partial charge in [-0.3, -0.25) is 14.3 Å². The van der Waals surface area contributed by atoms with Gasteiger partial charge in [-0.25, -0.2) is 8.42 Å². The molecule has 0 bridgehead atoms. The minimum absolute atomic E-state index is 0.0877. The fourth-order valence-corrected chi connectivity index (χ4v) is 4.51. The molecule has 0 saturated carbocycles. The summed E-state index contributed by atoms with van der Waals surface area (Å²) in [5.74, 6) is -0.368. The molecule has 0 spiro atoms. The summed E-state index contributed by atoms with van der Waals surface area (Å²) in [5.41, 5.74) is 0.570. The van der Waals surface area contributed by atoms with Crippen LogP contribution in [0.5, 0.6) is 0 Å². The Hall–Kier alpha value is -3.59. The second kappa shape index (κ2) is 8.65. The normalized spacial score (nSPS) is 16.3. The van der Waals surface area contributed by atoms with Crippen molar-refractivity contribution >= 4 is 33.2 Å². The average molecular weight is 439 g/mol. The standard InChI is InChI=1S/C22H21N3O5S/c26-21-13-16(14-25(21)15-17-7-6-12-30-17)22(27)23-19-10-4-5-11-20(19)24-31(28,29)18-8-2-1-3-9-18/h1-12,16,24H,13-15H2,(H,23,27). The van der Waals surface area contributed by atoms with E-state index in [-0.39, 0.29) is 35.4 Å². The predicted octanol–water partition coefficient (Wildman–Crippen LogP) is 3.07. The van der Waals surface area contributed by atoms with Crippen LogP contribution in [0.3, 0.4) is 0 Å². The van der Waals surface area contributed by atoms with Crippen LogP contribution in [-0.2, 0) is 26.2 Å². The molecule has 3 aromatic rings. The Morgan fingerprint density at radius 3 is 2.42 bits per heavy atom. The van der Waals surface area contributed by atoms with Gasteiger partial charge >= 0.3 is 0 Å². The molecule has 0 radical (unpaired) electrons. The zero-order valence-electron chi connectivity index (χ0n) is 16.5. The molecule has 2 aromatic carbocycles. The van der Waals surface area contributed by atoms with Crippen LogP contribution in [0.2, 0.25) is 0 Å². The number of rotatable bonds is 7. The molecule has 1 unspecified atom stereocenters. The van der Waals surface area contributed by atoms with E-state index in [1.165, 1.54) is 18.4 Å². The summed E-state index contributed by atoms with van der Waals surface area (Å²) in [6.07, 6.45) is 1.62. The van der Waals surface area contributed by atoms with Crippen molar-refractivity contribution in [3.8, 4) is 0 Å². The van der Waals surface area contributed by atoms with Crippen LogP contribution in [0.25, 0.3) is 0 Å². The van der Waals surface area contributed by atoms with Crippen molar-refractivity contribution in [1.29, 1.82) is 0 Å². The number of benzene rings is 2. The summed E-state index contributed by atoms with van der Waals surface area (Å²) >= 11 is 0. The highest BCUT2D eigenvalue weighted by Gasteiger charge is 2.35. The van der Waals surface area contributed by atoms with Gasteiger partial charge in [0.15, 0.2) is 0 Å². The highest BCUT2D eigenvalue weighted by Crippen LogP contribution is 2.27. The van der Waals surface area contributed by atoms with Crippen molar-refractivity contribution < 1.29 is 22.4 Å². The molecule has 31 heavy (non-hydrogen) atoms. The van der Waals surface area contributed by atoms with E-state index in [9.17, 15) is 18.0 Å². The monoisotopic (exact) mass is 439 g/mol. The first-order valence-corrected chi connectivity index (χ1v) is 11.2. The van der Waals surface area contributed by atoms with E-state index in [1.807, 2.05) is 0 Å². The third-order valence-electron chi connectivity index (χ3n) is 4.99. The molecule has 1 aromatic heterocycles. The Labute approximate surface area is 179 Å². The number of carbonyl (C=O) groups excluding carboxylic acids is 2. The molecule has 1 fully saturated rings. The van der Waals surface area contributed by atoms with Crippen LogP contribution >= 0.6 is 0 Å². The molecule has 4 rings (SSSR count). The molecular weight excluding hydrogens is 418 g/mol. The summed E-state index contributed by atoms with van der Waals surface area (Å²) in [6, 6.07) is 18.0. The first-order valence-electron chi connectivity index (χ1n) is 9.70. The Balaban J connectivity index is 1.45. The summed E-state index contributed by atoms with van der Waals surface area (Å²) in [6.45, 7) is 0.576. The van der Waals surface area contributed by atoms with Gasteiger partial charge in [-0.05, 0) is 36.4 Å². The van der Waals surface area contributed by atoms with Crippen molar-refractivity contribution in [2.24, 2.45) is 5.92 Å². The zero-order chi connectivity index (χ0) is 21.8. The molecule has 2 heterocycles. The second-order valence-corrected chi connectivity index (χ2v) is 8.89. The van der Waals surface area contributed by atoms with E-state index in [4.69, 9.17) is 4.42 Å². The molecule has 8 nitrogen and oxygen atoms in total. The van der Waals surface area contributed by atoms with Gasteiger partial charge in [0.2, 0.25) is 11.8 Å². The van der Waals surface area contributed by atoms with Crippen LogP contribution in [0.15, 0.2) is 82.3 Å². The molecule has 0 aliphatic carbocycles. The largest absolute Gasteiger partial charge is 0.467 e. The molecule has 160 valence electrons. The number of nitrogens with zero attached hydrogens (tertiary/aromatic N) is 1. The maximum absolute atomic E-state index is 12.8. The first-order chi connectivity index (χ1) is 14.9. The number of hydrogen-bond donors (Lipinski definition) is 2. The lowest BCUT2D eigenvalue weighted by Gasteiger charge is -2.17. The lowest BCUT2D eigenvalue weighted by atomic mass is 10.1. The van der Waals surface area contributed by atoms with Gasteiger partial charge in [0.1, 0.15) is 5.76 Å². The highest BCUT2D eigenvalue weighted by atomic mass is 32.2. The molecule has 2 N–H and O–H groups in total. The number of nitrogens with one attached hydrogen (secondary N) is 2. The van der Waals surface area contributed by atoms with Crippen LogP contribution in [0.4, 0.5) is 11.4 Å². The average Bonchev–Trinajstić information content (AvgIpc) is 3.40. The summed E-state index contributed by atoms with van der Waals surface area (Å²) in [7, 11) is -3.81. The fourth-order valence-electron chi connectivity index (χ4n) is 3.41. The van der Waals surface area contributed by atoms with E-state index in [0.717, 1.165) is 0 Å². The minimum atomic E-state index is -3.81. The smallest absolute Gasteiger partial charge is 0.261 e. The zero-order valence-corrected chi connectivity index (χ0v) is 17.3. The van der Waals surface area contributed by atoms with E-state index < -0.39 is 15.9 Å². The minimum Gasteiger partial charge on any atom is -0.467 e. The van der Waals surface area contributed by atoms with E-state index in [1.54, 1.807) is 59.5 Å². The van der Waals surface area contributed by atoms with Gasteiger partial charge in [0, 0.05) is 13.0 Å². The van der Waals surface area contributed by atoms with Gasteiger partial charge < -0.3 is 14.6 Å². The predicted molar refractivity (Wildman–Crippen MR) is 115 cm³/mol. The molecule has 2 amide bonds. The van der Waals surface area contributed by atoms with Crippen molar-refractivity contribution in [3.05, 3.63) is 78.8 Å². The maximum atomic E-state index is 12.8.